The molecular formula is C12H20N2O5. The molecule has 0 radical (unpaired) electrons. The van der Waals surface area contributed by atoms with Crippen LogP contribution in [-0.2, 0) is 14.3 Å². The third kappa shape index (κ3) is 4.42. The zero-order valence-electron chi connectivity index (χ0n) is 11.6. The molecule has 2 atom stereocenters. The summed E-state index contributed by atoms with van der Waals surface area (Å²) >= 11 is 0. The van der Waals surface area contributed by atoms with E-state index in [1.165, 1.54) is 6.92 Å². The van der Waals surface area contributed by atoms with Crippen LogP contribution in [0.3, 0.4) is 0 Å². The maximum atomic E-state index is 11.9. The van der Waals surface area contributed by atoms with E-state index in [1.54, 1.807) is 20.8 Å². The normalized spacial score (nSPS) is 23.1. The van der Waals surface area contributed by atoms with Crippen molar-refractivity contribution in [3.63, 3.8) is 0 Å². The molecule has 1 fully saturated rings. The molecule has 0 aromatic rings. The Morgan fingerprint density at radius 1 is 1.32 bits per heavy atom. The SMILES string of the molecule is CC(=O)N[C@@H]1C[C@@H](C(=O)O)N(C(=O)OC(C)(C)C)C1. The number of amides is 2. The zero-order chi connectivity index (χ0) is 14.8. The Balaban J connectivity index is 2.76. The summed E-state index contributed by atoms with van der Waals surface area (Å²) in [6.07, 6.45) is -0.485. The molecule has 0 spiro atoms. The molecule has 7 heteroatoms. The molecule has 1 aliphatic rings. The number of nitrogens with zero attached hydrogens (tertiary/aromatic N) is 1. The average Bonchev–Trinajstić information content (AvgIpc) is 2.57. The highest BCUT2D eigenvalue weighted by atomic mass is 16.6. The van der Waals surface area contributed by atoms with Gasteiger partial charge in [0.05, 0.1) is 0 Å². The monoisotopic (exact) mass is 272 g/mol. The van der Waals surface area contributed by atoms with Crippen LogP contribution in [-0.4, -0.2) is 52.2 Å². The van der Waals surface area contributed by atoms with Crippen LogP contribution in [0.5, 0.6) is 0 Å². The Bertz CT molecular complexity index is 388. The fourth-order valence-electron chi connectivity index (χ4n) is 1.98. The number of aliphatic carboxylic acids is 1. The second-order valence-corrected chi connectivity index (χ2v) is 5.62. The van der Waals surface area contributed by atoms with Crippen molar-refractivity contribution in [1.82, 2.24) is 10.2 Å². The summed E-state index contributed by atoms with van der Waals surface area (Å²) in [6, 6.07) is -1.32. The van der Waals surface area contributed by atoms with Gasteiger partial charge in [0.2, 0.25) is 5.91 Å². The summed E-state index contributed by atoms with van der Waals surface area (Å²) < 4.78 is 5.17. The molecule has 1 aliphatic heterocycles. The predicted octanol–water partition coefficient (Wildman–Crippen LogP) is 0.585. The second kappa shape index (κ2) is 5.46. The average molecular weight is 272 g/mol. The number of hydrogen-bond donors (Lipinski definition) is 2. The highest BCUT2D eigenvalue weighted by molar-refractivity contribution is 5.81. The number of likely N-dealkylation sites (tertiary alicyclic amines) is 1. The fraction of sp³-hybridized carbons (Fsp3) is 0.750. The minimum absolute atomic E-state index is 0.144. The smallest absolute Gasteiger partial charge is 0.411 e. The summed E-state index contributed by atoms with van der Waals surface area (Å²) in [4.78, 5) is 35.2. The van der Waals surface area contributed by atoms with Gasteiger partial charge in [-0.25, -0.2) is 9.59 Å². The lowest BCUT2D eigenvalue weighted by atomic mass is 10.2. The van der Waals surface area contributed by atoms with Gasteiger partial charge in [-0.3, -0.25) is 9.69 Å². The van der Waals surface area contributed by atoms with Crippen LogP contribution in [0.2, 0.25) is 0 Å². The Morgan fingerprint density at radius 2 is 1.89 bits per heavy atom. The van der Waals surface area contributed by atoms with Gasteiger partial charge >= 0.3 is 12.1 Å². The van der Waals surface area contributed by atoms with Crippen LogP contribution < -0.4 is 5.32 Å². The van der Waals surface area contributed by atoms with Gasteiger partial charge in [0.15, 0.2) is 0 Å². The summed E-state index contributed by atoms with van der Waals surface area (Å²) in [5.74, 6) is -1.35. The van der Waals surface area contributed by atoms with E-state index < -0.39 is 23.7 Å². The molecule has 0 saturated carbocycles. The number of carbonyl (C=O) groups is 3. The van der Waals surface area contributed by atoms with Crippen molar-refractivity contribution in [2.75, 3.05) is 6.54 Å². The molecule has 1 rings (SSSR count). The number of carbonyl (C=O) groups excluding carboxylic acids is 2. The lowest BCUT2D eigenvalue weighted by molar-refractivity contribution is -0.142. The summed E-state index contributed by atoms with van der Waals surface area (Å²) in [5, 5.41) is 11.7. The quantitative estimate of drug-likeness (QED) is 0.766. The minimum Gasteiger partial charge on any atom is -0.480 e. The van der Waals surface area contributed by atoms with Crippen molar-refractivity contribution in [1.29, 1.82) is 0 Å². The zero-order valence-corrected chi connectivity index (χ0v) is 11.6. The molecule has 1 saturated heterocycles. The van der Waals surface area contributed by atoms with Gasteiger partial charge < -0.3 is 15.2 Å². The van der Waals surface area contributed by atoms with E-state index in [0.29, 0.717) is 0 Å². The van der Waals surface area contributed by atoms with Crippen LogP contribution in [0.4, 0.5) is 4.79 Å². The number of rotatable bonds is 2. The molecule has 1 heterocycles. The van der Waals surface area contributed by atoms with Crippen molar-refractivity contribution in [3.8, 4) is 0 Å². The number of nitrogens with one attached hydrogen (secondary N) is 1. The van der Waals surface area contributed by atoms with Crippen LogP contribution in [0.1, 0.15) is 34.1 Å². The van der Waals surface area contributed by atoms with E-state index in [9.17, 15) is 14.4 Å². The van der Waals surface area contributed by atoms with Gasteiger partial charge in [-0.1, -0.05) is 0 Å². The lowest BCUT2D eigenvalue weighted by Crippen LogP contribution is -2.44. The molecule has 0 aliphatic carbocycles. The maximum Gasteiger partial charge on any atom is 0.411 e. The summed E-state index contributed by atoms with van der Waals surface area (Å²) in [5.41, 5.74) is -0.688. The number of hydrogen-bond acceptors (Lipinski definition) is 4. The Kier molecular flexibility index (Phi) is 4.39. The first kappa shape index (κ1) is 15.3. The molecule has 2 amide bonds. The van der Waals surface area contributed by atoms with Crippen molar-refractivity contribution in [2.45, 2.75) is 51.8 Å². The molecule has 0 unspecified atom stereocenters. The Morgan fingerprint density at radius 3 is 2.32 bits per heavy atom. The van der Waals surface area contributed by atoms with Gasteiger partial charge in [-0.05, 0) is 20.8 Å². The molecule has 19 heavy (non-hydrogen) atoms. The first-order valence-corrected chi connectivity index (χ1v) is 6.09. The van der Waals surface area contributed by atoms with E-state index in [4.69, 9.17) is 9.84 Å². The van der Waals surface area contributed by atoms with Crippen molar-refractivity contribution >= 4 is 18.0 Å². The molecule has 2 N–H and O–H groups in total. The number of ether oxygens (including phenoxy) is 1. The number of carboxylic acid groups (broad SMARTS) is 1. The predicted molar refractivity (Wildman–Crippen MR) is 66.6 cm³/mol. The standard InChI is InChI=1S/C12H20N2O5/c1-7(15)13-8-5-9(10(16)17)14(6-8)11(18)19-12(2,3)4/h8-9H,5-6H2,1-4H3,(H,13,15)(H,16,17)/t8-,9+/m1/s1. The highest BCUT2D eigenvalue weighted by Gasteiger charge is 2.41. The van der Waals surface area contributed by atoms with Crippen LogP contribution in [0.15, 0.2) is 0 Å². The molecule has 0 aromatic carbocycles. The van der Waals surface area contributed by atoms with Crippen molar-refractivity contribution in [2.24, 2.45) is 0 Å². The summed E-state index contributed by atoms with van der Waals surface area (Å²) in [6.45, 7) is 6.63. The minimum atomic E-state index is -1.10. The van der Waals surface area contributed by atoms with E-state index in [-0.39, 0.29) is 24.9 Å². The van der Waals surface area contributed by atoms with Gasteiger partial charge in [0, 0.05) is 25.9 Å². The highest BCUT2D eigenvalue weighted by Crippen LogP contribution is 2.21. The molecule has 108 valence electrons. The summed E-state index contributed by atoms with van der Waals surface area (Å²) in [7, 11) is 0. The third-order valence-electron chi connectivity index (χ3n) is 2.62. The number of carboxylic acids is 1. The molecule has 0 aromatic heterocycles. The van der Waals surface area contributed by atoms with Crippen LogP contribution in [0.25, 0.3) is 0 Å². The first-order chi connectivity index (χ1) is 8.60. The van der Waals surface area contributed by atoms with E-state index in [0.717, 1.165) is 4.90 Å². The van der Waals surface area contributed by atoms with Gasteiger partial charge in [-0.2, -0.15) is 0 Å². The Hall–Kier alpha value is -1.79. The second-order valence-electron chi connectivity index (χ2n) is 5.62. The van der Waals surface area contributed by atoms with Crippen LogP contribution in [0, 0.1) is 0 Å². The lowest BCUT2D eigenvalue weighted by Gasteiger charge is -2.26. The van der Waals surface area contributed by atoms with Crippen molar-refractivity contribution in [3.05, 3.63) is 0 Å². The van der Waals surface area contributed by atoms with Gasteiger partial charge in [0.25, 0.3) is 0 Å². The maximum absolute atomic E-state index is 11.9. The fourth-order valence-corrected chi connectivity index (χ4v) is 1.98. The molecular weight excluding hydrogens is 252 g/mol. The molecule has 7 nitrogen and oxygen atoms in total. The third-order valence-corrected chi connectivity index (χ3v) is 2.62. The first-order valence-electron chi connectivity index (χ1n) is 6.09. The van der Waals surface area contributed by atoms with E-state index in [1.807, 2.05) is 0 Å². The van der Waals surface area contributed by atoms with Gasteiger partial charge in [0.1, 0.15) is 11.6 Å². The van der Waals surface area contributed by atoms with Gasteiger partial charge in [-0.15, -0.1) is 0 Å². The Labute approximate surface area is 111 Å². The van der Waals surface area contributed by atoms with E-state index in [2.05, 4.69) is 5.32 Å². The topological polar surface area (TPSA) is 95.9 Å². The van der Waals surface area contributed by atoms with Crippen LogP contribution >= 0.6 is 0 Å². The largest absolute Gasteiger partial charge is 0.480 e. The molecule has 0 bridgehead atoms. The van der Waals surface area contributed by atoms with E-state index >= 15 is 0 Å². The van der Waals surface area contributed by atoms with Crippen molar-refractivity contribution < 1.29 is 24.2 Å².